The topological polar surface area (TPSA) is 12.0 Å². The van der Waals surface area contributed by atoms with Crippen molar-refractivity contribution in [2.24, 2.45) is 0 Å². The molecule has 0 aliphatic rings. The van der Waals surface area contributed by atoms with Gasteiger partial charge in [0.25, 0.3) is 0 Å². The fourth-order valence-electron chi connectivity index (χ4n) is 1.78. The Kier molecular flexibility index (Phi) is 4.00. The zero-order chi connectivity index (χ0) is 11.5. The number of nitrogens with one attached hydrogen (secondary N) is 1. The Labute approximate surface area is 114 Å². The van der Waals surface area contributed by atoms with Gasteiger partial charge in [0.1, 0.15) is 0 Å². The van der Waals surface area contributed by atoms with Crippen molar-refractivity contribution in [3.05, 3.63) is 55.3 Å². The molecule has 1 unspecified atom stereocenters. The molecule has 2 aromatic rings. The van der Waals surface area contributed by atoms with Gasteiger partial charge >= 0.3 is 0 Å². The first kappa shape index (κ1) is 12.1. The van der Waals surface area contributed by atoms with Gasteiger partial charge in [-0.3, -0.25) is 0 Å². The maximum absolute atomic E-state index is 3.39. The summed E-state index contributed by atoms with van der Waals surface area (Å²) < 4.78 is 1.28. The van der Waals surface area contributed by atoms with Gasteiger partial charge in [0, 0.05) is 8.45 Å². The van der Waals surface area contributed by atoms with E-state index in [9.17, 15) is 0 Å². The molecular formula is C13H14INS. The van der Waals surface area contributed by atoms with Crippen molar-refractivity contribution in [3.8, 4) is 0 Å². The lowest BCUT2D eigenvalue weighted by atomic mass is 10.0. The van der Waals surface area contributed by atoms with Crippen LogP contribution >= 0.6 is 33.9 Å². The van der Waals surface area contributed by atoms with Crippen LogP contribution in [0.3, 0.4) is 0 Å². The predicted molar refractivity (Wildman–Crippen MR) is 79.1 cm³/mol. The second-order valence-corrected chi connectivity index (χ2v) is 5.93. The largest absolute Gasteiger partial charge is 0.309 e. The zero-order valence-corrected chi connectivity index (χ0v) is 12.3. The lowest BCUT2D eigenvalue weighted by molar-refractivity contribution is 0.700. The van der Waals surface area contributed by atoms with Crippen molar-refractivity contribution in [1.29, 1.82) is 0 Å². The number of rotatable bonds is 3. The average Bonchev–Trinajstić information content (AvgIpc) is 2.69. The molecule has 0 bridgehead atoms. The van der Waals surface area contributed by atoms with Gasteiger partial charge in [-0.1, -0.05) is 12.1 Å². The molecule has 1 heterocycles. The molecule has 0 amide bonds. The van der Waals surface area contributed by atoms with Gasteiger partial charge in [-0.2, -0.15) is 0 Å². The highest BCUT2D eigenvalue weighted by Gasteiger charge is 2.14. The molecule has 16 heavy (non-hydrogen) atoms. The second kappa shape index (κ2) is 5.29. The van der Waals surface area contributed by atoms with Crippen LogP contribution in [-0.2, 0) is 0 Å². The Balaban J connectivity index is 2.37. The highest BCUT2D eigenvalue weighted by Crippen LogP contribution is 2.29. The Morgan fingerprint density at radius 3 is 2.38 bits per heavy atom. The van der Waals surface area contributed by atoms with Gasteiger partial charge in [-0.25, -0.2) is 0 Å². The smallest absolute Gasteiger partial charge is 0.0671 e. The summed E-state index contributed by atoms with van der Waals surface area (Å²) >= 11 is 4.15. The molecule has 1 nitrogen and oxygen atoms in total. The van der Waals surface area contributed by atoms with Crippen LogP contribution in [-0.4, -0.2) is 7.05 Å². The van der Waals surface area contributed by atoms with Gasteiger partial charge < -0.3 is 5.32 Å². The number of hydrogen-bond acceptors (Lipinski definition) is 2. The van der Waals surface area contributed by atoms with Crippen LogP contribution in [0.25, 0.3) is 0 Å². The fraction of sp³-hybridized carbons (Fsp3) is 0.231. The molecule has 0 saturated heterocycles. The molecule has 1 aromatic heterocycles. The summed E-state index contributed by atoms with van der Waals surface area (Å²) in [6.45, 7) is 2.17. The van der Waals surface area contributed by atoms with Crippen molar-refractivity contribution < 1.29 is 0 Å². The lowest BCUT2D eigenvalue weighted by Gasteiger charge is -2.16. The third-order valence-corrected chi connectivity index (χ3v) is 4.46. The van der Waals surface area contributed by atoms with Gasteiger partial charge in [0.05, 0.1) is 6.04 Å². The summed E-state index contributed by atoms with van der Waals surface area (Å²) in [4.78, 5) is 1.41. The first-order valence-corrected chi connectivity index (χ1v) is 7.15. The van der Waals surface area contributed by atoms with Crippen LogP contribution in [0.1, 0.15) is 22.0 Å². The molecule has 84 valence electrons. The highest BCUT2D eigenvalue weighted by atomic mass is 127. The van der Waals surface area contributed by atoms with Crippen LogP contribution in [0, 0.1) is 10.5 Å². The van der Waals surface area contributed by atoms with Crippen molar-refractivity contribution in [2.45, 2.75) is 13.0 Å². The molecule has 0 radical (unpaired) electrons. The highest BCUT2D eigenvalue weighted by molar-refractivity contribution is 14.1. The van der Waals surface area contributed by atoms with Crippen LogP contribution in [0.15, 0.2) is 35.7 Å². The molecule has 0 fully saturated rings. The number of halogens is 1. The molecule has 0 aliphatic heterocycles. The van der Waals surface area contributed by atoms with Crippen molar-refractivity contribution in [3.63, 3.8) is 0 Å². The SMILES string of the molecule is CNC(c1ccc(I)cc1)c1sccc1C. The minimum Gasteiger partial charge on any atom is -0.309 e. The van der Waals surface area contributed by atoms with Crippen LogP contribution in [0.2, 0.25) is 0 Å². The number of benzene rings is 1. The van der Waals surface area contributed by atoms with Crippen molar-refractivity contribution >= 4 is 33.9 Å². The summed E-state index contributed by atoms with van der Waals surface area (Å²) in [5, 5.41) is 5.54. The minimum atomic E-state index is 0.317. The first-order chi connectivity index (χ1) is 7.72. The van der Waals surface area contributed by atoms with Crippen LogP contribution in [0.4, 0.5) is 0 Å². The Morgan fingerprint density at radius 1 is 1.19 bits per heavy atom. The Hall–Kier alpha value is -0.390. The number of hydrogen-bond donors (Lipinski definition) is 1. The third kappa shape index (κ3) is 2.47. The molecule has 3 heteroatoms. The normalized spacial score (nSPS) is 12.7. The van der Waals surface area contributed by atoms with E-state index in [1.54, 1.807) is 0 Å². The standard InChI is InChI=1S/C13H14INS/c1-9-7-8-16-13(9)12(15-2)10-3-5-11(14)6-4-10/h3-8,12,15H,1-2H3. The summed E-state index contributed by atoms with van der Waals surface area (Å²) in [5.41, 5.74) is 2.69. The van der Waals surface area contributed by atoms with Crippen LogP contribution in [0.5, 0.6) is 0 Å². The van der Waals surface area contributed by atoms with E-state index in [1.807, 2.05) is 18.4 Å². The second-order valence-electron chi connectivity index (χ2n) is 3.74. The Morgan fingerprint density at radius 2 is 1.88 bits per heavy atom. The summed E-state index contributed by atoms with van der Waals surface area (Å²) in [5.74, 6) is 0. The lowest BCUT2D eigenvalue weighted by Crippen LogP contribution is -2.17. The van der Waals surface area contributed by atoms with Gasteiger partial charge in [-0.15, -0.1) is 11.3 Å². The van der Waals surface area contributed by atoms with E-state index in [2.05, 4.69) is 70.5 Å². The van der Waals surface area contributed by atoms with E-state index in [0.29, 0.717) is 6.04 Å². The van der Waals surface area contributed by atoms with E-state index in [0.717, 1.165) is 0 Å². The molecule has 0 saturated carbocycles. The molecule has 1 N–H and O–H groups in total. The average molecular weight is 343 g/mol. The molecule has 0 aliphatic carbocycles. The summed E-state index contributed by atoms with van der Waals surface area (Å²) in [7, 11) is 2.02. The number of aryl methyl sites for hydroxylation is 1. The first-order valence-electron chi connectivity index (χ1n) is 5.19. The monoisotopic (exact) mass is 343 g/mol. The fourth-order valence-corrected chi connectivity index (χ4v) is 3.21. The van der Waals surface area contributed by atoms with E-state index < -0.39 is 0 Å². The van der Waals surface area contributed by atoms with E-state index in [-0.39, 0.29) is 0 Å². The molecule has 2 rings (SSSR count). The van der Waals surface area contributed by atoms with Crippen molar-refractivity contribution in [1.82, 2.24) is 5.32 Å². The van der Waals surface area contributed by atoms with E-state index in [4.69, 9.17) is 0 Å². The van der Waals surface area contributed by atoms with Gasteiger partial charge in [-0.05, 0) is 71.3 Å². The molecule has 1 atom stereocenters. The van der Waals surface area contributed by atoms with E-state index >= 15 is 0 Å². The van der Waals surface area contributed by atoms with Gasteiger partial charge in [0.15, 0.2) is 0 Å². The third-order valence-electron chi connectivity index (χ3n) is 2.66. The molecule has 0 spiro atoms. The molecular weight excluding hydrogens is 329 g/mol. The van der Waals surface area contributed by atoms with Crippen molar-refractivity contribution in [2.75, 3.05) is 7.05 Å². The minimum absolute atomic E-state index is 0.317. The summed E-state index contributed by atoms with van der Waals surface area (Å²) in [6, 6.07) is 11.2. The zero-order valence-electron chi connectivity index (χ0n) is 9.33. The van der Waals surface area contributed by atoms with E-state index in [1.165, 1.54) is 19.6 Å². The Bertz CT molecular complexity index is 461. The van der Waals surface area contributed by atoms with Crippen LogP contribution < -0.4 is 5.32 Å². The number of thiophene rings is 1. The maximum Gasteiger partial charge on any atom is 0.0671 e. The molecule has 1 aromatic carbocycles. The summed E-state index contributed by atoms with van der Waals surface area (Å²) in [6.07, 6.45) is 0. The predicted octanol–water partition coefficient (Wildman–Crippen LogP) is 3.97. The quantitative estimate of drug-likeness (QED) is 0.832. The maximum atomic E-state index is 3.39. The van der Waals surface area contributed by atoms with Gasteiger partial charge in [0.2, 0.25) is 0 Å².